The van der Waals surface area contributed by atoms with Crippen LogP contribution in [0.2, 0.25) is 0 Å². The van der Waals surface area contributed by atoms with Gasteiger partial charge in [-0.1, -0.05) is 18.2 Å². The van der Waals surface area contributed by atoms with Gasteiger partial charge in [0.2, 0.25) is 0 Å². The lowest BCUT2D eigenvalue weighted by Crippen LogP contribution is -2.30. The summed E-state index contributed by atoms with van der Waals surface area (Å²) in [4.78, 5) is 11.9. The number of esters is 1. The standard InChI is InChI=1S/C17H18O4/c1-17(7-8-21-16(17)19)15(18)13-4-3-12-10-14(20-2)6-5-11(12)9-13/h3-6,9-10,15,18H,7-8H2,1-2H3/t15-,17-/m1/s1. The van der Waals surface area contributed by atoms with E-state index in [1.807, 2.05) is 36.4 Å². The van der Waals surface area contributed by atoms with E-state index in [1.165, 1.54) is 0 Å². The molecule has 0 saturated carbocycles. The van der Waals surface area contributed by atoms with Gasteiger partial charge in [-0.3, -0.25) is 4.79 Å². The number of ether oxygens (including phenoxy) is 2. The Morgan fingerprint density at radius 1 is 1.24 bits per heavy atom. The smallest absolute Gasteiger partial charge is 0.314 e. The zero-order valence-electron chi connectivity index (χ0n) is 12.1. The summed E-state index contributed by atoms with van der Waals surface area (Å²) in [6.45, 7) is 2.13. The van der Waals surface area contributed by atoms with E-state index in [2.05, 4.69) is 0 Å². The number of rotatable bonds is 3. The molecule has 0 unspecified atom stereocenters. The second-order valence-corrected chi connectivity index (χ2v) is 5.68. The second kappa shape index (κ2) is 5.04. The molecule has 0 spiro atoms. The SMILES string of the molecule is COc1ccc2cc([C@@H](O)[C@@]3(C)CCOC3=O)ccc2c1. The van der Waals surface area contributed by atoms with Crippen LogP contribution in [0, 0.1) is 5.41 Å². The van der Waals surface area contributed by atoms with E-state index in [0.29, 0.717) is 13.0 Å². The molecule has 1 heterocycles. The highest BCUT2D eigenvalue weighted by Gasteiger charge is 2.46. The third-order valence-corrected chi connectivity index (χ3v) is 4.31. The summed E-state index contributed by atoms with van der Waals surface area (Å²) in [5, 5.41) is 12.6. The normalized spacial score (nSPS) is 23.1. The first kappa shape index (κ1) is 13.9. The maximum absolute atomic E-state index is 11.9. The number of carbonyl (C=O) groups is 1. The van der Waals surface area contributed by atoms with E-state index in [0.717, 1.165) is 22.1 Å². The fourth-order valence-electron chi connectivity index (χ4n) is 2.78. The monoisotopic (exact) mass is 286 g/mol. The number of carbonyl (C=O) groups excluding carboxylic acids is 1. The molecule has 2 atom stereocenters. The van der Waals surface area contributed by atoms with Crippen molar-refractivity contribution in [3.63, 3.8) is 0 Å². The fourth-order valence-corrected chi connectivity index (χ4v) is 2.78. The summed E-state index contributed by atoms with van der Waals surface area (Å²) in [5.74, 6) is 0.465. The number of cyclic esters (lactones) is 1. The van der Waals surface area contributed by atoms with Gasteiger partial charge in [-0.25, -0.2) is 0 Å². The predicted octanol–water partition coefficient (Wildman–Crippen LogP) is 2.84. The molecule has 0 aromatic heterocycles. The Labute approximate surface area is 123 Å². The van der Waals surface area contributed by atoms with E-state index in [4.69, 9.17) is 9.47 Å². The van der Waals surface area contributed by atoms with Crippen molar-refractivity contribution >= 4 is 16.7 Å². The summed E-state index contributed by atoms with van der Waals surface area (Å²) in [6.07, 6.45) is -0.327. The third-order valence-electron chi connectivity index (χ3n) is 4.31. The molecule has 0 aliphatic carbocycles. The fraction of sp³-hybridized carbons (Fsp3) is 0.353. The van der Waals surface area contributed by atoms with E-state index in [9.17, 15) is 9.90 Å². The van der Waals surface area contributed by atoms with Crippen molar-refractivity contribution in [2.45, 2.75) is 19.4 Å². The number of aliphatic hydroxyl groups is 1. The van der Waals surface area contributed by atoms with Crippen LogP contribution in [0.5, 0.6) is 5.75 Å². The molecular formula is C17H18O4. The largest absolute Gasteiger partial charge is 0.497 e. The van der Waals surface area contributed by atoms with Gasteiger partial charge in [0.15, 0.2) is 0 Å². The minimum atomic E-state index is -0.862. The highest BCUT2D eigenvalue weighted by atomic mass is 16.5. The second-order valence-electron chi connectivity index (χ2n) is 5.68. The van der Waals surface area contributed by atoms with Crippen LogP contribution in [0.25, 0.3) is 10.8 Å². The third kappa shape index (κ3) is 2.25. The molecule has 1 N–H and O–H groups in total. The maximum Gasteiger partial charge on any atom is 0.314 e. The van der Waals surface area contributed by atoms with Crippen molar-refractivity contribution in [3.05, 3.63) is 42.0 Å². The number of aliphatic hydroxyl groups excluding tert-OH is 1. The summed E-state index contributed by atoms with van der Waals surface area (Å²) in [5.41, 5.74) is -0.130. The zero-order valence-corrected chi connectivity index (χ0v) is 12.1. The van der Waals surface area contributed by atoms with E-state index >= 15 is 0 Å². The molecule has 4 heteroatoms. The Morgan fingerprint density at radius 3 is 2.62 bits per heavy atom. The average Bonchev–Trinajstić information content (AvgIpc) is 2.86. The number of benzene rings is 2. The highest BCUT2D eigenvalue weighted by molar-refractivity contribution is 5.85. The lowest BCUT2D eigenvalue weighted by molar-refractivity contribution is -0.150. The maximum atomic E-state index is 11.9. The number of methoxy groups -OCH3 is 1. The quantitative estimate of drug-likeness (QED) is 0.882. The van der Waals surface area contributed by atoms with Crippen LogP contribution in [-0.4, -0.2) is 24.8 Å². The van der Waals surface area contributed by atoms with Crippen LogP contribution < -0.4 is 4.74 Å². The van der Waals surface area contributed by atoms with Gasteiger partial charge in [0, 0.05) is 6.42 Å². The lowest BCUT2D eigenvalue weighted by Gasteiger charge is -2.26. The number of fused-ring (bicyclic) bond motifs is 1. The van der Waals surface area contributed by atoms with Crippen LogP contribution in [-0.2, 0) is 9.53 Å². The predicted molar refractivity (Wildman–Crippen MR) is 79.1 cm³/mol. The summed E-state index contributed by atoms with van der Waals surface area (Å²) in [7, 11) is 1.63. The van der Waals surface area contributed by atoms with Crippen molar-refractivity contribution in [1.29, 1.82) is 0 Å². The van der Waals surface area contributed by atoms with Crippen molar-refractivity contribution in [1.82, 2.24) is 0 Å². The van der Waals surface area contributed by atoms with Crippen LogP contribution in [0.1, 0.15) is 25.0 Å². The molecule has 0 radical (unpaired) electrons. The number of hydrogen-bond donors (Lipinski definition) is 1. The van der Waals surface area contributed by atoms with Gasteiger partial charge >= 0.3 is 5.97 Å². The van der Waals surface area contributed by atoms with Gasteiger partial charge in [-0.2, -0.15) is 0 Å². The van der Waals surface area contributed by atoms with Crippen molar-refractivity contribution in [3.8, 4) is 5.75 Å². The molecule has 110 valence electrons. The minimum absolute atomic E-state index is 0.329. The lowest BCUT2D eigenvalue weighted by atomic mass is 9.79. The van der Waals surface area contributed by atoms with Gasteiger partial charge < -0.3 is 14.6 Å². The average molecular weight is 286 g/mol. The van der Waals surface area contributed by atoms with Crippen molar-refractivity contribution < 1.29 is 19.4 Å². The Kier molecular flexibility index (Phi) is 3.33. The first-order chi connectivity index (χ1) is 10.0. The Bertz CT molecular complexity index is 694. The van der Waals surface area contributed by atoms with Gasteiger partial charge in [-0.15, -0.1) is 0 Å². The van der Waals surface area contributed by atoms with Crippen LogP contribution >= 0.6 is 0 Å². The van der Waals surface area contributed by atoms with E-state index in [1.54, 1.807) is 14.0 Å². The van der Waals surface area contributed by atoms with Gasteiger partial charge in [0.1, 0.15) is 5.75 Å². The first-order valence-corrected chi connectivity index (χ1v) is 6.97. The molecule has 1 aliphatic rings. The molecule has 4 nitrogen and oxygen atoms in total. The molecule has 1 fully saturated rings. The molecule has 0 amide bonds. The molecule has 1 aliphatic heterocycles. The highest BCUT2D eigenvalue weighted by Crippen LogP contribution is 2.42. The van der Waals surface area contributed by atoms with Gasteiger partial charge in [-0.05, 0) is 41.5 Å². The summed E-state index contributed by atoms with van der Waals surface area (Å²) in [6, 6.07) is 11.5. The van der Waals surface area contributed by atoms with Gasteiger partial charge in [0.25, 0.3) is 0 Å². The zero-order chi connectivity index (χ0) is 15.0. The van der Waals surface area contributed by atoms with Crippen molar-refractivity contribution in [2.75, 3.05) is 13.7 Å². The van der Waals surface area contributed by atoms with Gasteiger partial charge in [0.05, 0.1) is 25.2 Å². The molecule has 2 aromatic carbocycles. The first-order valence-electron chi connectivity index (χ1n) is 6.97. The Balaban J connectivity index is 1.99. The van der Waals surface area contributed by atoms with Crippen LogP contribution in [0.3, 0.4) is 0 Å². The Hall–Kier alpha value is -2.07. The minimum Gasteiger partial charge on any atom is -0.497 e. The Morgan fingerprint density at radius 2 is 1.95 bits per heavy atom. The molecule has 0 bridgehead atoms. The van der Waals surface area contributed by atoms with Crippen LogP contribution in [0.15, 0.2) is 36.4 Å². The van der Waals surface area contributed by atoms with Crippen LogP contribution in [0.4, 0.5) is 0 Å². The molecule has 2 aromatic rings. The van der Waals surface area contributed by atoms with E-state index < -0.39 is 11.5 Å². The summed E-state index contributed by atoms with van der Waals surface area (Å²) >= 11 is 0. The molecular weight excluding hydrogens is 268 g/mol. The van der Waals surface area contributed by atoms with E-state index in [-0.39, 0.29) is 5.97 Å². The molecule has 21 heavy (non-hydrogen) atoms. The topological polar surface area (TPSA) is 55.8 Å². The summed E-state index contributed by atoms with van der Waals surface area (Å²) < 4.78 is 10.2. The molecule has 1 saturated heterocycles. The molecule has 3 rings (SSSR count). The van der Waals surface area contributed by atoms with Crippen molar-refractivity contribution in [2.24, 2.45) is 5.41 Å². The number of hydrogen-bond acceptors (Lipinski definition) is 4.